The fourth-order valence-corrected chi connectivity index (χ4v) is 2.22. The molecular weight excluding hydrogens is 206 g/mol. The summed E-state index contributed by atoms with van der Waals surface area (Å²) >= 11 is 5.23. The van der Waals surface area contributed by atoms with Crippen LogP contribution in [0.15, 0.2) is 0 Å². The Morgan fingerprint density at radius 2 is 1.93 bits per heavy atom. The summed E-state index contributed by atoms with van der Waals surface area (Å²) in [5.41, 5.74) is 6.23. The largest absolute Gasteiger partial charge is 0.482 e. The monoisotopic (exact) mass is 229 g/mol. The van der Waals surface area contributed by atoms with Gasteiger partial charge in [-0.3, -0.25) is 0 Å². The molecule has 0 aliphatic heterocycles. The molecular formula is C12H23NOS. The van der Waals surface area contributed by atoms with Crippen molar-refractivity contribution < 1.29 is 4.74 Å². The molecule has 1 aliphatic carbocycles. The van der Waals surface area contributed by atoms with E-state index in [4.69, 9.17) is 22.7 Å². The van der Waals surface area contributed by atoms with Crippen LogP contribution in [0.25, 0.3) is 0 Å². The number of hydrogen-bond acceptors (Lipinski definition) is 3. The molecule has 88 valence electrons. The predicted molar refractivity (Wildman–Crippen MR) is 68.0 cm³/mol. The van der Waals surface area contributed by atoms with Crippen LogP contribution in [-0.4, -0.2) is 17.2 Å². The molecule has 15 heavy (non-hydrogen) atoms. The predicted octanol–water partition coefficient (Wildman–Crippen LogP) is 3.04. The molecule has 2 nitrogen and oxygen atoms in total. The van der Waals surface area contributed by atoms with Crippen molar-refractivity contribution in [1.29, 1.82) is 0 Å². The van der Waals surface area contributed by atoms with Crippen molar-refractivity contribution in [2.45, 2.75) is 65.0 Å². The molecule has 0 bridgehead atoms. The van der Waals surface area contributed by atoms with Gasteiger partial charge in [0.15, 0.2) is 5.05 Å². The van der Waals surface area contributed by atoms with Crippen LogP contribution in [-0.2, 0) is 4.74 Å². The van der Waals surface area contributed by atoms with Gasteiger partial charge in [0.2, 0.25) is 0 Å². The molecule has 0 saturated heterocycles. The van der Waals surface area contributed by atoms with E-state index < -0.39 is 0 Å². The Morgan fingerprint density at radius 3 is 2.40 bits per heavy atom. The topological polar surface area (TPSA) is 35.2 Å². The van der Waals surface area contributed by atoms with Gasteiger partial charge < -0.3 is 10.5 Å². The first-order chi connectivity index (χ1) is 6.88. The molecule has 0 aromatic heterocycles. The lowest BCUT2D eigenvalue weighted by Crippen LogP contribution is -2.36. The Labute approximate surface area is 98.6 Å². The molecule has 0 amide bonds. The number of ether oxygens (including phenoxy) is 1. The van der Waals surface area contributed by atoms with Gasteiger partial charge in [-0.15, -0.1) is 0 Å². The summed E-state index contributed by atoms with van der Waals surface area (Å²) < 4.78 is 5.73. The van der Waals surface area contributed by atoms with E-state index in [0.717, 1.165) is 19.3 Å². The minimum absolute atomic E-state index is 0.0967. The van der Waals surface area contributed by atoms with Gasteiger partial charge in [-0.1, -0.05) is 20.8 Å². The molecule has 2 N–H and O–H groups in total. The highest BCUT2D eigenvalue weighted by Gasteiger charge is 2.23. The van der Waals surface area contributed by atoms with Crippen molar-refractivity contribution in [2.75, 3.05) is 0 Å². The number of nitrogens with two attached hydrogens (primary N) is 1. The fraction of sp³-hybridized carbons (Fsp3) is 0.917. The lowest BCUT2D eigenvalue weighted by molar-refractivity contribution is 0.188. The summed E-state index contributed by atoms with van der Waals surface area (Å²) in [6.07, 6.45) is 6.04. The van der Waals surface area contributed by atoms with Crippen molar-refractivity contribution in [2.24, 2.45) is 11.1 Å². The van der Waals surface area contributed by atoms with Gasteiger partial charge >= 0.3 is 0 Å². The van der Waals surface area contributed by atoms with Crippen LogP contribution >= 0.6 is 12.2 Å². The van der Waals surface area contributed by atoms with E-state index >= 15 is 0 Å². The average Bonchev–Trinajstić information content (AvgIpc) is 2.53. The first kappa shape index (κ1) is 12.9. The molecule has 1 rings (SSSR count). The highest BCUT2D eigenvalue weighted by atomic mass is 32.1. The van der Waals surface area contributed by atoms with Crippen LogP contribution in [0.2, 0.25) is 0 Å². The summed E-state index contributed by atoms with van der Waals surface area (Å²) in [5, 5.41) is 0.608. The molecule has 0 unspecified atom stereocenters. The van der Waals surface area contributed by atoms with Crippen molar-refractivity contribution in [1.82, 2.24) is 0 Å². The zero-order chi connectivity index (χ0) is 11.5. The molecule has 0 aromatic rings. The molecule has 0 radical (unpaired) electrons. The molecule has 1 saturated carbocycles. The second kappa shape index (κ2) is 5.26. The zero-order valence-electron chi connectivity index (χ0n) is 10.1. The van der Waals surface area contributed by atoms with Gasteiger partial charge in [-0.2, -0.15) is 0 Å². The highest BCUT2D eigenvalue weighted by Crippen LogP contribution is 2.24. The van der Waals surface area contributed by atoms with Crippen molar-refractivity contribution >= 4 is 17.3 Å². The van der Waals surface area contributed by atoms with Crippen LogP contribution in [0.1, 0.15) is 52.9 Å². The summed E-state index contributed by atoms with van der Waals surface area (Å²) in [5.74, 6) is 0. The Balaban J connectivity index is 2.32. The van der Waals surface area contributed by atoms with Crippen molar-refractivity contribution in [3.05, 3.63) is 0 Å². The second-order valence-electron chi connectivity index (χ2n) is 5.71. The molecule has 1 aliphatic rings. The standard InChI is InChI=1S/C12H23NOS/c1-12(2,3)8-10(13)11(15)14-9-6-4-5-7-9/h9-10H,4-8,13H2,1-3H3/t10-/m0/s1. The minimum atomic E-state index is -0.0967. The van der Waals surface area contributed by atoms with E-state index in [9.17, 15) is 0 Å². The Kier molecular flexibility index (Phi) is 4.53. The van der Waals surface area contributed by atoms with Crippen LogP contribution in [0.5, 0.6) is 0 Å². The van der Waals surface area contributed by atoms with Crippen LogP contribution in [0.3, 0.4) is 0 Å². The average molecular weight is 229 g/mol. The van der Waals surface area contributed by atoms with Gasteiger partial charge in [0.1, 0.15) is 0 Å². The zero-order valence-corrected chi connectivity index (χ0v) is 10.9. The first-order valence-corrected chi connectivity index (χ1v) is 6.25. The molecule has 1 atom stereocenters. The van der Waals surface area contributed by atoms with E-state index in [0.29, 0.717) is 11.2 Å². The van der Waals surface area contributed by atoms with E-state index in [2.05, 4.69) is 20.8 Å². The van der Waals surface area contributed by atoms with E-state index in [1.165, 1.54) is 12.8 Å². The summed E-state index contributed by atoms with van der Waals surface area (Å²) in [6, 6.07) is -0.0967. The lowest BCUT2D eigenvalue weighted by Gasteiger charge is -2.25. The quantitative estimate of drug-likeness (QED) is 0.756. The molecule has 1 fully saturated rings. The summed E-state index contributed by atoms with van der Waals surface area (Å²) in [7, 11) is 0. The molecule has 0 aromatic carbocycles. The SMILES string of the molecule is CC(C)(C)C[C@H](N)C(=S)OC1CCCC1. The van der Waals surface area contributed by atoms with Crippen molar-refractivity contribution in [3.8, 4) is 0 Å². The number of hydrogen-bond donors (Lipinski definition) is 1. The maximum atomic E-state index is 6.02. The van der Waals surface area contributed by atoms with Gasteiger partial charge in [0.25, 0.3) is 0 Å². The molecule has 0 spiro atoms. The third kappa shape index (κ3) is 4.94. The van der Waals surface area contributed by atoms with Gasteiger partial charge in [-0.05, 0) is 49.7 Å². The van der Waals surface area contributed by atoms with Crippen molar-refractivity contribution in [3.63, 3.8) is 0 Å². The number of rotatable bonds is 3. The van der Waals surface area contributed by atoms with E-state index in [-0.39, 0.29) is 11.5 Å². The number of thiocarbonyl (C=S) groups is 1. The Morgan fingerprint density at radius 1 is 1.40 bits per heavy atom. The first-order valence-electron chi connectivity index (χ1n) is 5.84. The Bertz CT molecular complexity index is 216. The van der Waals surface area contributed by atoms with Gasteiger partial charge in [-0.25, -0.2) is 0 Å². The van der Waals surface area contributed by atoms with Gasteiger partial charge in [0, 0.05) is 0 Å². The Hall–Kier alpha value is -0.150. The molecule has 0 heterocycles. The molecule has 3 heteroatoms. The highest BCUT2D eigenvalue weighted by molar-refractivity contribution is 7.80. The van der Waals surface area contributed by atoms with Crippen LogP contribution in [0.4, 0.5) is 0 Å². The second-order valence-corrected chi connectivity index (χ2v) is 6.12. The van der Waals surface area contributed by atoms with E-state index in [1.54, 1.807) is 0 Å². The lowest BCUT2D eigenvalue weighted by atomic mass is 9.88. The normalized spacial score (nSPS) is 20.3. The maximum absolute atomic E-state index is 6.02. The summed E-state index contributed by atoms with van der Waals surface area (Å²) in [6.45, 7) is 6.52. The third-order valence-electron chi connectivity index (χ3n) is 2.72. The summed E-state index contributed by atoms with van der Waals surface area (Å²) in [4.78, 5) is 0. The maximum Gasteiger partial charge on any atom is 0.176 e. The third-order valence-corrected chi connectivity index (χ3v) is 3.12. The smallest absolute Gasteiger partial charge is 0.176 e. The van der Waals surface area contributed by atoms with Crippen LogP contribution in [0, 0.1) is 5.41 Å². The van der Waals surface area contributed by atoms with E-state index in [1.807, 2.05) is 0 Å². The minimum Gasteiger partial charge on any atom is -0.482 e. The fourth-order valence-electron chi connectivity index (χ4n) is 2.00. The van der Waals surface area contributed by atoms with Gasteiger partial charge in [0.05, 0.1) is 12.1 Å². The van der Waals surface area contributed by atoms with Crippen LogP contribution < -0.4 is 5.73 Å².